The van der Waals surface area contributed by atoms with Gasteiger partial charge in [0.05, 0.1) is 18.9 Å². The molecule has 0 aliphatic carbocycles. The van der Waals surface area contributed by atoms with Gasteiger partial charge in [0, 0.05) is 33.4 Å². The van der Waals surface area contributed by atoms with E-state index in [4.69, 9.17) is 14.2 Å². The van der Waals surface area contributed by atoms with Crippen LogP contribution in [0, 0.1) is 13.8 Å². The molecule has 0 aliphatic rings. The highest BCUT2D eigenvalue weighted by molar-refractivity contribution is 9.10. The lowest BCUT2D eigenvalue weighted by Crippen LogP contribution is -2.19. The maximum atomic E-state index is 13.5. The van der Waals surface area contributed by atoms with Crippen LogP contribution in [0.25, 0.3) is 22.0 Å². The summed E-state index contributed by atoms with van der Waals surface area (Å²) in [6, 6.07) is 23.2. The first-order valence-electron chi connectivity index (χ1n) is 13.5. The summed E-state index contributed by atoms with van der Waals surface area (Å²) in [4.78, 5) is 41.1. The summed E-state index contributed by atoms with van der Waals surface area (Å²) in [5.41, 5.74) is 8.27. The molecule has 0 saturated carbocycles. The number of ether oxygens (including phenoxy) is 3. The van der Waals surface area contributed by atoms with Crippen molar-refractivity contribution in [3.63, 3.8) is 0 Å². The standard InChI is InChI=1S/C34H28BrN3O6/c1-19-14-20(2)31-26(15-19)30(22-8-6-5-7-9-22)32(37-31)33(40)38-36-18-24-16-25(35)11-13-27(24)44-34(41)23-10-12-28(43-21(3)39)29(17-23)42-4/h5-18,37H,1-4H3,(H,38,40). The van der Waals surface area contributed by atoms with E-state index in [1.54, 1.807) is 18.2 Å². The Morgan fingerprint density at radius 3 is 2.36 bits per heavy atom. The maximum absolute atomic E-state index is 13.5. The molecule has 5 rings (SSSR count). The molecule has 0 saturated heterocycles. The zero-order chi connectivity index (χ0) is 31.4. The number of aryl methyl sites for hydroxylation is 2. The number of amides is 1. The second kappa shape index (κ2) is 13.0. The number of rotatable bonds is 8. The van der Waals surface area contributed by atoms with Gasteiger partial charge in [0.25, 0.3) is 5.91 Å². The number of nitrogens with zero attached hydrogens (tertiary/aromatic N) is 1. The third kappa shape index (κ3) is 6.55. The lowest BCUT2D eigenvalue weighted by atomic mass is 9.99. The molecule has 0 radical (unpaired) electrons. The Hall–Kier alpha value is -5.22. The van der Waals surface area contributed by atoms with E-state index in [-0.39, 0.29) is 22.8 Å². The van der Waals surface area contributed by atoms with Crippen molar-refractivity contribution in [2.75, 3.05) is 7.11 Å². The molecule has 0 fully saturated rings. The number of fused-ring (bicyclic) bond motifs is 1. The summed E-state index contributed by atoms with van der Waals surface area (Å²) in [6.07, 6.45) is 1.40. The normalized spacial score (nSPS) is 11.0. The molecule has 0 unspecified atom stereocenters. The average molecular weight is 655 g/mol. The summed E-state index contributed by atoms with van der Waals surface area (Å²) in [6.45, 7) is 5.29. The van der Waals surface area contributed by atoms with E-state index < -0.39 is 17.8 Å². The Morgan fingerprint density at radius 1 is 0.886 bits per heavy atom. The van der Waals surface area contributed by atoms with E-state index in [9.17, 15) is 14.4 Å². The minimum absolute atomic E-state index is 0.176. The molecule has 1 aromatic heterocycles. The van der Waals surface area contributed by atoms with Crippen LogP contribution >= 0.6 is 15.9 Å². The first kappa shape index (κ1) is 30.2. The van der Waals surface area contributed by atoms with Crippen molar-refractivity contribution in [3.05, 3.63) is 111 Å². The SMILES string of the molecule is COc1cc(C(=O)Oc2ccc(Br)cc2C=NNC(=O)c2[nH]c3c(C)cc(C)cc3c2-c2ccccc2)ccc1OC(C)=O. The molecule has 0 bridgehead atoms. The average Bonchev–Trinajstić information content (AvgIpc) is 3.38. The molecule has 10 heteroatoms. The summed E-state index contributed by atoms with van der Waals surface area (Å²) in [5, 5.41) is 5.13. The van der Waals surface area contributed by atoms with Crippen molar-refractivity contribution >= 4 is 50.9 Å². The number of halogens is 1. The van der Waals surface area contributed by atoms with Gasteiger partial charge in [-0.15, -0.1) is 0 Å². The van der Waals surface area contributed by atoms with Gasteiger partial charge in [-0.3, -0.25) is 9.59 Å². The van der Waals surface area contributed by atoms with Crippen molar-refractivity contribution in [2.45, 2.75) is 20.8 Å². The predicted molar refractivity (Wildman–Crippen MR) is 172 cm³/mol. The molecule has 0 aliphatic heterocycles. The van der Waals surface area contributed by atoms with Crippen molar-refractivity contribution in [3.8, 4) is 28.4 Å². The molecule has 0 atom stereocenters. The van der Waals surface area contributed by atoms with Crippen LogP contribution in [-0.2, 0) is 4.79 Å². The quantitative estimate of drug-likeness (QED) is 0.0796. The van der Waals surface area contributed by atoms with Crippen molar-refractivity contribution in [1.29, 1.82) is 0 Å². The predicted octanol–water partition coefficient (Wildman–Crippen LogP) is 7.13. The molecule has 44 heavy (non-hydrogen) atoms. The van der Waals surface area contributed by atoms with Crippen LogP contribution in [0.3, 0.4) is 0 Å². The topological polar surface area (TPSA) is 119 Å². The van der Waals surface area contributed by atoms with Gasteiger partial charge in [0.2, 0.25) is 0 Å². The second-order valence-electron chi connectivity index (χ2n) is 9.98. The van der Waals surface area contributed by atoms with Crippen LogP contribution in [0.15, 0.2) is 88.4 Å². The highest BCUT2D eigenvalue weighted by Gasteiger charge is 2.21. The Kier molecular flexibility index (Phi) is 8.91. The first-order valence-corrected chi connectivity index (χ1v) is 14.3. The summed E-state index contributed by atoms with van der Waals surface area (Å²) >= 11 is 3.43. The Morgan fingerprint density at radius 2 is 1.64 bits per heavy atom. The van der Waals surface area contributed by atoms with Crippen molar-refractivity contribution in [1.82, 2.24) is 10.4 Å². The number of benzene rings is 4. The number of carbonyl (C=O) groups is 3. The minimum Gasteiger partial charge on any atom is -0.493 e. The van der Waals surface area contributed by atoms with Gasteiger partial charge >= 0.3 is 11.9 Å². The highest BCUT2D eigenvalue weighted by Crippen LogP contribution is 2.35. The lowest BCUT2D eigenvalue weighted by molar-refractivity contribution is -0.132. The van der Waals surface area contributed by atoms with E-state index >= 15 is 0 Å². The van der Waals surface area contributed by atoms with Crippen molar-refractivity contribution in [2.24, 2.45) is 5.10 Å². The Bertz CT molecular complexity index is 1930. The smallest absolute Gasteiger partial charge is 0.343 e. The molecular formula is C34H28BrN3O6. The first-order chi connectivity index (χ1) is 21.1. The number of hydrogen-bond donors (Lipinski definition) is 2. The van der Waals surface area contributed by atoms with E-state index in [0.29, 0.717) is 15.7 Å². The molecule has 5 aromatic rings. The Balaban J connectivity index is 1.40. The molecule has 1 heterocycles. The van der Waals surface area contributed by atoms with E-state index in [1.165, 1.54) is 38.4 Å². The van der Waals surface area contributed by atoms with Gasteiger partial charge in [-0.05, 0) is 67.4 Å². The third-order valence-corrected chi connectivity index (χ3v) is 7.23. The molecule has 9 nitrogen and oxygen atoms in total. The molecule has 2 N–H and O–H groups in total. The summed E-state index contributed by atoms with van der Waals surface area (Å²) in [7, 11) is 1.40. The number of aromatic amines is 1. The molecular weight excluding hydrogens is 626 g/mol. The van der Waals surface area contributed by atoms with E-state index in [2.05, 4.69) is 43.6 Å². The number of aromatic nitrogens is 1. The fourth-order valence-electron chi connectivity index (χ4n) is 4.85. The van der Waals surface area contributed by atoms with Gasteiger partial charge < -0.3 is 19.2 Å². The number of esters is 2. The number of carbonyl (C=O) groups excluding carboxylic acids is 3. The minimum atomic E-state index is -0.671. The summed E-state index contributed by atoms with van der Waals surface area (Å²) < 4.78 is 16.7. The van der Waals surface area contributed by atoms with Gasteiger partial charge in [-0.2, -0.15) is 5.10 Å². The number of H-pyrrole nitrogens is 1. The van der Waals surface area contributed by atoms with Crippen LogP contribution in [0.2, 0.25) is 0 Å². The van der Waals surface area contributed by atoms with Gasteiger partial charge in [-0.1, -0.05) is 57.9 Å². The Labute approximate surface area is 262 Å². The third-order valence-electron chi connectivity index (χ3n) is 6.74. The molecule has 4 aromatic carbocycles. The fourth-order valence-corrected chi connectivity index (χ4v) is 5.23. The highest BCUT2D eigenvalue weighted by atomic mass is 79.9. The zero-order valence-electron chi connectivity index (χ0n) is 24.4. The van der Waals surface area contributed by atoms with E-state index in [0.717, 1.165) is 33.2 Å². The van der Waals surface area contributed by atoms with Crippen LogP contribution in [0.4, 0.5) is 0 Å². The maximum Gasteiger partial charge on any atom is 0.343 e. The fraction of sp³-hybridized carbons (Fsp3) is 0.118. The van der Waals surface area contributed by atoms with Crippen LogP contribution in [0.5, 0.6) is 17.2 Å². The van der Waals surface area contributed by atoms with Crippen molar-refractivity contribution < 1.29 is 28.6 Å². The molecule has 1 amide bonds. The number of hydrazone groups is 1. The summed E-state index contributed by atoms with van der Waals surface area (Å²) in [5.74, 6) is -1.03. The van der Waals surface area contributed by atoms with Crippen LogP contribution < -0.4 is 19.6 Å². The lowest BCUT2D eigenvalue weighted by Gasteiger charge is -2.11. The number of hydrogen-bond acceptors (Lipinski definition) is 7. The monoisotopic (exact) mass is 653 g/mol. The van der Waals surface area contributed by atoms with Gasteiger partial charge in [-0.25, -0.2) is 10.2 Å². The molecule has 222 valence electrons. The van der Waals surface area contributed by atoms with Gasteiger partial charge in [0.1, 0.15) is 11.4 Å². The zero-order valence-corrected chi connectivity index (χ0v) is 25.9. The largest absolute Gasteiger partial charge is 0.493 e. The number of nitrogens with one attached hydrogen (secondary N) is 2. The van der Waals surface area contributed by atoms with Gasteiger partial charge in [0.15, 0.2) is 11.5 Å². The number of methoxy groups -OCH3 is 1. The van der Waals surface area contributed by atoms with Crippen LogP contribution in [-0.4, -0.2) is 36.2 Å². The second-order valence-corrected chi connectivity index (χ2v) is 10.9. The van der Waals surface area contributed by atoms with Crippen LogP contribution in [0.1, 0.15) is 44.5 Å². The molecule has 0 spiro atoms. The van der Waals surface area contributed by atoms with E-state index in [1.807, 2.05) is 44.2 Å².